The topological polar surface area (TPSA) is 468 Å². The number of aromatic hydroxyl groups is 2. The second-order valence-electron chi connectivity index (χ2n) is 17.1. The molecule has 400 valence electrons. The number of carboxylic acids is 3. The lowest BCUT2D eigenvalue weighted by atomic mass is 10.0. The summed E-state index contributed by atoms with van der Waals surface area (Å²) in [6.07, 6.45) is -4.81. The van der Waals surface area contributed by atoms with Gasteiger partial charge in [0.15, 0.2) is 0 Å². The number of rotatable bonds is 32. The van der Waals surface area contributed by atoms with Crippen LogP contribution >= 0.6 is 12.6 Å². The average Bonchev–Trinajstić information content (AvgIpc) is 3.30. The van der Waals surface area contributed by atoms with E-state index in [-0.39, 0.29) is 36.7 Å². The van der Waals surface area contributed by atoms with Gasteiger partial charge in [0, 0.05) is 25.0 Å². The number of aliphatic carboxylic acids is 3. The first-order valence-corrected chi connectivity index (χ1v) is 23.1. The van der Waals surface area contributed by atoms with Crippen molar-refractivity contribution in [3.05, 3.63) is 59.7 Å². The molecule has 0 spiro atoms. The molecule has 9 amide bonds. The van der Waals surface area contributed by atoms with Crippen LogP contribution in [0.2, 0.25) is 0 Å². The van der Waals surface area contributed by atoms with Gasteiger partial charge in [-0.3, -0.25) is 52.7 Å². The van der Waals surface area contributed by atoms with Crippen LogP contribution < -0.4 is 54.4 Å². The van der Waals surface area contributed by atoms with E-state index in [2.05, 4.69) is 49.8 Å². The minimum absolute atomic E-state index is 0.0412. The number of amides is 9. The summed E-state index contributed by atoms with van der Waals surface area (Å²) < 4.78 is 0. The number of nitrogens with two attached hydrogens (primary N) is 3. The summed E-state index contributed by atoms with van der Waals surface area (Å²) in [5, 5.41) is 63.8. The number of carbonyl (C=O) groups excluding carboxylic acids is 9. The largest absolute Gasteiger partial charge is 0.508 e. The maximum absolute atomic E-state index is 14.0. The molecule has 2 aromatic carbocycles. The van der Waals surface area contributed by atoms with Crippen molar-refractivity contribution in [3.63, 3.8) is 0 Å². The molecular weight excluding hydrogens is 985 g/mol. The standard InChI is InChI=1S/C45H62N10O17S/c1-21(2)15-29(51-39(65)27(11-13-36(60)61)49-38(64)26(46)16-22-3-7-24(56)8-4-22)41(67)50-28(12-14-37(62)63)40(66)53-31(18-34(47)58)43(69)52-30(17-23-5-9-25(57)10-6-23)42(68)55-33(20-73)44(70)54-32(45(71)72)19-35(48)59/h3-10,21,26-33,56-57,73H,11-20,46H2,1-2H3,(H2,47,58)(H2,48,59)(H,49,64)(H,50,67)(H,51,65)(H,52,69)(H,53,66)(H,54,70)(H,55,68)(H,60,61)(H,62,63)(H,71,72). The number of phenols is 2. The van der Waals surface area contributed by atoms with Gasteiger partial charge in [0.05, 0.1) is 18.9 Å². The van der Waals surface area contributed by atoms with Crippen LogP contribution in [-0.2, 0) is 70.4 Å². The Morgan fingerprint density at radius 1 is 0.479 bits per heavy atom. The molecule has 0 heterocycles. The van der Waals surface area contributed by atoms with Gasteiger partial charge in [-0.15, -0.1) is 0 Å². The van der Waals surface area contributed by atoms with Crippen LogP contribution in [0.1, 0.15) is 69.9 Å². The summed E-state index contributed by atoms with van der Waals surface area (Å²) in [7, 11) is 0. The van der Waals surface area contributed by atoms with Gasteiger partial charge in [-0.2, -0.15) is 12.6 Å². The Balaban J connectivity index is 2.43. The highest BCUT2D eigenvalue weighted by atomic mass is 32.1. The van der Waals surface area contributed by atoms with Gasteiger partial charge in [0.25, 0.3) is 0 Å². The van der Waals surface area contributed by atoms with E-state index in [0.29, 0.717) is 11.1 Å². The number of hydrogen-bond acceptors (Lipinski definition) is 16. The molecular formula is C45H62N10O17S. The van der Waals surface area contributed by atoms with Gasteiger partial charge < -0.3 is 80.0 Å². The van der Waals surface area contributed by atoms with Crippen LogP contribution in [0.5, 0.6) is 11.5 Å². The first-order chi connectivity index (χ1) is 34.2. The molecule has 27 nitrogen and oxygen atoms in total. The van der Waals surface area contributed by atoms with Crippen molar-refractivity contribution in [1.29, 1.82) is 0 Å². The summed E-state index contributed by atoms with van der Waals surface area (Å²) in [6.45, 7) is 3.31. The quantitative estimate of drug-likeness (QED) is 0.0312. The van der Waals surface area contributed by atoms with Crippen molar-refractivity contribution in [2.24, 2.45) is 23.1 Å². The van der Waals surface area contributed by atoms with E-state index in [1.54, 1.807) is 13.8 Å². The molecule has 8 unspecified atom stereocenters. The van der Waals surface area contributed by atoms with Gasteiger partial charge in [-0.25, -0.2) is 4.79 Å². The van der Waals surface area contributed by atoms with E-state index >= 15 is 0 Å². The molecule has 0 aliphatic heterocycles. The Hall–Kier alpha value is -8.01. The van der Waals surface area contributed by atoms with E-state index in [4.69, 9.17) is 17.2 Å². The molecule has 0 saturated heterocycles. The zero-order chi connectivity index (χ0) is 55.1. The minimum Gasteiger partial charge on any atom is -0.508 e. The summed E-state index contributed by atoms with van der Waals surface area (Å²) in [5.41, 5.74) is 17.4. The van der Waals surface area contributed by atoms with Crippen LogP contribution in [0.25, 0.3) is 0 Å². The number of carboxylic acid groups (broad SMARTS) is 3. The lowest BCUT2D eigenvalue weighted by Crippen LogP contribution is -2.61. The molecule has 28 heteroatoms. The molecule has 0 radical (unpaired) electrons. The first kappa shape index (κ1) is 61.1. The highest BCUT2D eigenvalue weighted by Gasteiger charge is 2.35. The average molecular weight is 1050 g/mol. The van der Waals surface area contributed by atoms with Crippen LogP contribution in [0, 0.1) is 5.92 Å². The molecule has 0 aliphatic carbocycles. The number of primary amides is 2. The van der Waals surface area contributed by atoms with E-state index in [1.807, 2.05) is 0 Å². The van der Waals surface area contributed by atoms with Crippen molar-refractivity contribution in [2.75, 3.05) is 5.75 Å². The van der Waals surface area contributed by atoms with E-state index in [1.165, 1.54) is 48.5 Å². The lowest BCUT2D eigenvalue weighted by molar-refractivity contribution is -0.143. The van der Waals surface area contributed by atoms with Crippen LogP contribution in [0.3, 0.4) is 0 Å². The van der Waals surface area contributed by atoms with Crippen molar-refractivity contribution in [3.8, 4) is 11.5 Å². The SMILES string of the molecule is CC(C)CC(NC(=O)C(CCC(=O)O)NC(=O)C(N)Cc1ccc(O)cc1)C(=O)NC(CCC(=O)O)C(=O)NC(CC(N)=O)C(=O)NC(Cc1ccc(O)cc1)C(=O)NC(CS)C(=O)NC(CC(N)=O)C(=O)O. The smallest absolute Gasteiger partial charge is 0.326 e. The van der Waals surface area contributed by atoms with Gasteiger partial charge >= 0.3 is 17.9 Å². The third kappa shape index (κ3) is 22.7. The van der Waals surface area contributed by atoms with Gasteiger partial charge in [0.1, 0.15) is 53.8 Å². The predicted octanol–water partition coefficient (Wildman–Crippen LogP) is -3.86. The highest BCUT2D eigenvalue weighted by molar-refractivity contribution is 7.80. The van der Waals surface area contributed by atoms with Gasteiger partial charge in [-0.1, -0.05) is 38.1 Å². The molecule has 0 saturated carbocycles. The van der Waals surface area contributed by atoms with E-state index in [9.17, 15) is 83.1 Å². The molecule has 18 N–H and O–H groups in total. The predicted molar refractivity (Wildman–Crippen MR) is 257 cm³/mol. The van der Waals surface area contributed by atoms with E-state index < -0.39 is 164 Å². The number of thiol groups is 1. The van der Waals surface area contributed by atoms with Crippen LogP contribution in [0.15, 0.2) is 48.5 Å². The lowest BCUT2D eigenvalue weighted by Gasteiger charge is -2.28. The maximum atomic E-state index is 14.0. The Labute approximate surface area is 422 Å². The van der Waals surface area contributed by atoms with Crippen molar-refractivity contribution < 1.29 is 83.1 Å². The fourth-order valence-electron chi connectivity index (χ4n) is 6.75. The fourth-order valence-corrected chi connectivity index (χ4v) is 7.01. The molecule has 2 rings (SSSR count). The Morgan fingerprint density at radius 2 is 0.822 bits per heavy atom. The van der Waals surface area contributed by atoms with E-state index in [0.717, 1.165) is 0 Å². The summed E-state index contributed by atoms with van der Waals surface area (Å²) >= 11 is 4.05. The number of hydrogen-bond donors (Lipinski definition) is 16. The number of nitrogens with one attached hydrogen (secondary N) is 7. The highest BCUT2D eigenvalue weighted by Crippen LogP contribution is 2.15. The molecule has 0 aliphatic rings. The number of carbonyl (C=O) groups is 12. The zero-order valence-electron chi connectivity index (χ0n) is 39.7. The van der Waals surface area contributed by atoms with Crippen molar-refractivity contribution >= 4 is 83.7 Å². The Kier molecular flexibility index (Phi) is 25.1. The third-order valence-corrected chi connectivity index (χ3v) is 10.9. The maximum Gasteiger partial charge on any atom is 0.326 e. The van der Waals surface area contributed by atoms with Gasteiger partial charge in [-0.05, 0) is 67.0 Å². The second-order valence-corrected chi connectivity index (χ2v) is 17.5. The Bertz CT molecular complexity index is 2320. The van der Waals surface area contributed by atoms with Gasteiger partial charge in [0.2, 0.25) is 53.2 Å². The normalized spacial score (nSPS) is 14.2. The van der Waals surface area contributed by atoms with Crippen LogP contribution in [-0.4, -0.2) is 151 Å². The monoisotopic (exact) mass is 1050 g/mol. The molecule has 73 heavy (non-hydrogen) atoms. The zero-order valence-corrected chi connectivity index (χ0v) is 40.6. The Morgan fingerprint density at radius 3 is 1.26 bits per heavy atom. The third-order valence-electron chi connectivity index (χ3n) is 10.5. The van der Waals surface area contributed by atoms with Crippen molar-refractivity contribution in [2.45, 2.75) is 120 Å². The second kappa shape index (κ2) is 30.0. The number of phenolic OH excluding ortho intramolecular Hbond substituents is 2. The number of benzene rings is 2. The van der Waals surface area contributed by atoms with Crippen molar-refractivity contribution in [1.82, 2.24) is 37.2 Å². The minimum atomic E-state index is -1.94. The molecule has 0 aromatic heterocycles. The molecule has 0 fully saturated rings. The summed E-state index contributed by atoms with van der Waals surface area (Å²) in [6, 6.07) is -2.19. The fraction of sp³-hybridized carbons (Fsp3) is 0.467. The summed E-state index contributed by atoms with van der Waals surface area (Å²) in [5.74, 6) is -15.4. The van der Waals surface area contributed by atoms with Crippen LogP contribution in [0.4, 0.5) is 0 Å². The summed E-state index contributed by atoms with van der Waals surface area (Å²) in [4.78, 5) is 154. The molecule has 8 atom stereocenters. The first-order valence-electron chi connectivity index (χ1n) is 22.5. The molecule has 2 aromatic rings. The molecule has 0 bridgehead atoms.